The minimum absolute atomic E-state index is 0.0185. The van der Waals surface area contributed by atoms with Crippen LogP contribution in [0.25, 0.3) is 0 Å². The molecule has 0 aliphatic rings. The van der Waals surface area contributed by atoms with Crippen LogP contribution >= 0.6 is 11.6 Å². The molecule has 1 atom stereocenters. The Hall–Kier alpha value is -2.67. The molecule has 0 saturated carbocycles. The third kappa shape index (κ3) is 5.65. The van der Waals surface area contributed by atoms with Crippen LogP contribution in [0.5, 0.6) is 5.75 Å². The number of esters is 1. The Morgan fingerprint density at radius 2 is 1.89 bits per heavy atom. The minimum Gasteiger partial charge on any atom is -0.495 e. The first kappa shape index (κ1) is 20.6. The van der Waals surface area contributed by atoms with E-state index in [9.17, 15) is 18.4 Å². The van der Waals surface area contributed by atoms with E-state index in [2.05, 4.69) is 5.32 Å². The van der Waals surface area contributed by atoms with Crippen LogP contribution in [0.3, 0.4) is 0 Å². The van der Waals surface area contributed by atoms with Crippen LogP contribution in [-0.4, -0.2) is 32.1 Å². The van der Waals surface area contributed by atoms with Gasteiger partial charge in [-0.25, -0.2) is 13.6 Å². The van der Waals surface area contributed by atoms with Crippen LogP contribution in [0.2, 0.25) is 5.02 Å². The lowest BCUT2D eigenvalue weighted by Gasteiger charge is -2.17. The molecular formula is C19H18ClF2NO4. The topological polar surface area (TPSA) is 64.6 Å². The van der Waals surface area contributed by atoms with Crippen molar-refractivity contribution in [1.82, 2.24) is 5.32 Å². The number of ether oxygens (including phenoxy) is 2. The second-order valence-corrected chi connectivity index (χ2v) is 6.14. The fourth-order valence-electron chi connectivity index (χ4n) is 2.49. The molecule has 2 rings (SSSR count). The molecule has 0 saturated heterocycles. The second kappa shape index (κ2) is 9.32. The van der Waals surface area contributed by atoms with Crippen molar-refractivity contribution >= 4 is 23.5 Å². The number of nitrogens with one attached hydrogen (secondary N) is 1. The molecule has 2 aromatic carbocycles. The highest BCUT2D eigenvalue weighted by Crippen LogP contribution is 2.25. The van der Waals surface area contributed by atoms with Gasteiger partial charge in [0.05, 0.1) is 25.7 Å². The van der Waals surface area contributed by atoms with Crippen LogP contribution < -0.4 is 10.1 Å². The number of carbonyl (C=O) groups excluding carboxylic acids is 2. The van der Waals surface area contributed by atoms with Gasteiger partial charge in [0, 0.05) is 12.5 Å². The van der Waals surface area contributed by atoms with Crippen molar-refractivity contribution in [3.05, 3.63) is 64.2 Å². The van der Waals surface area contributed by atoms with E-state index >= 15 is 0 Å². The number of hydrogen-bond donors (Lipinski definition) is 1. The maximum Gasteiger partial charge on any atom is 0.328 e. The van der Waals surface area contributed by atoms with Gasteiger partial charge in [-0.1, -0.05) is 23.7 Å². The zero-order valence-corrected chi connectivity index (χ0v) is 15.5. The maximum atomic E-state index is 13.7. The molecule has 144 valence electrons. The van der Waals surface area contributed by atoms with Crippen molar-refractivity contribution in [3.8, 4) is 5.75 Å². The molecule has 0 heterocycles. The molecule has 0 bridgehead atoms. The van der Waals surface area contributed by atoms with Gasteiger partial charge in [0.2, 0.25) is 5.91 Å². The summed E-state index contributed by atoms with van der Waals surface area (Å²) in [5.41, 5.74) is 0.689. The summed E-state index contributed by atoms with van der Waals surface area (Å²) in [5.74, 6) is -2.35. The number of methoxy groups -OCH3 is 2. The Balaban J connectivity index is 2.10. The van der Waals surface area contributed by atoms with Crippen molar-refractivity contribution in [2.75, 3.05) is 14.2 Å². The molecule has 0 aromatic heterocycles. The molecule has 27 heavy (non-hydrogen) atoms. The largest absolute Gasteiger partial charge is 0.495 e. The second-order valence-electron chi connectivity index (χ2n) is 5.73. The molecule has 1 amide bonds. The predicted octanol–water partition coefficient (Wildman–Crippen LogP) is 3.07. The Labute approximate surface area is 160 Å². The average molecular weight is 398 g/mol. The van der Waals surface area contributed by atoms with Gasteiger partial charge in [-0.3, -0.25) is 4.79 Å². The summed E-state index contributed by atoms with van der Waals surface area (Å²) in [5, 5.41) is 2.87. The molecule has 5 nitrogen and oxygen atoms in total. The maximum absolute atomic E-state index is 13.7. The zero-order valence-electron chi connectivity index (χ0n) is 14.7. The average Bonchev–Trinajstić information content (AvgIpc) is 2.63. The fraction of sp³-hybridized carbons (Fsp3) is 0.263. The van der Waals surface area contributed by atoms with E-state index < -0.39 is 29.6 Å². The van der Waals surface area contributed by atoms with Gasteiger partial charge in [-0.05, 0) is 29.3 Å². The Kier molecular flexibility index (Phi) is 7.12. The lowest BCUT2D eigenvalue weighted by atomic mass is 10.0. The van der Waals surface area contributed by atoms with Gasteiger partial charge in [0.25, 0.3) is 0 Å². The van der Waals surface area contributed by atoms with Gasteiger partial charge >= 0.3 is 5.97 Å². The van der Waals surface area contributed by atoms with Crippen molar-refractivity contribution in [3.63, 3.8) is 0 Å². The van der Waals surface area contributed by atoms with Gasteiger partial charge < -0.3 is 14.8 Å². The van der Waals surface area contributed by atoms with Crippen LogP contribution in [-0.2, 0) is 27.2 Å². The van der Waals surface area contributed by atoms with Crippen molar-refractivity contribution in [2.24, 2.45) is 0 Å². The molecule has 1 N–H and O–H groups in total. The number of amides is 1. The van der Waals surface area contributed by atoms with E-state index in [1.807, 2.05) is 0 Å². The number of rotatable bonds is 7. The lowest BCUT2D eigenvalue weighted by Crippen LogP contribution is -2.43. The lowest BCUT2D eigenvalue weighted by molar-refractivity contribution is -0.145. The first-order valence-corrected chi connectivity index (χ1v) is 8.35. The smallest absolute Gasteiger partial charge is 0.328 e. The monoisotopic (exact) mass is 397 g/mol. The van der Waals surface area contributed by atoms with Crippen molar-refractivity contribution in [2.45, 2.75) is 18.9 Å². The first-order chi connectivity index (χ1) is 12.8. The standard InChI is InChI=1S/C19H18ClF2NO4/c1-26-17-6-3-11(7-14(17)20)8-16(19(25)27-2)23-18(24)9-12-4-5-13(21)10-15(12)22/h3-7,10,16H,8-9H2,1-2H3,(H,23,24)/t16-/m0/s1. The number of hydrogen-bond acceptors (Lipinski definition) is 4. The van der Waals surface area contributed by atoms with Gasteiger partial charge in [-0.2, -0.15) is 0 Å². The van der Waals surface area contributed by atoms with Crippen LogP contribution in [0.15, 0.2) is 36.4 Å². The highest BCUT2D eigenvalue weighted by atomic mass is 35.5. The quantitative estimate of drug-likeness (QED) is 0.729. The van der Waals surface area contributed by atoms with Crippen molar-refractivity contribution < 1.29 is 27.8 Å². The van der Waals surface area contributed by atoms with Crippen LogP contribution in [0.4, 0.5) is 8.78 Å². The zero-order chi connectivity index (χ0) is 20.0. The van der Waals surface area contributed by atoms with E-state index in [1.165, 1.54) is 20.3 Å². The molecule has 0 spiro atoms. The predicted molar refractivity (Wildman–Crippen MR) is 95.7 cm³/mol. The molecule has 0 aliphatic carbocycles. The van der Waals surface area contributed by atoms with Gasteiger partial charge in [0.15, 0.2) is 0 Å². The molecule has 0 unspecified atom stereocenters. The number of halogens is 3. The Bertz CT molecular complexity index is 844. The van der Waals surface area contributed by atoms with Gasteiger partial charge in [0.1, 0.15) is 23.4 Å². The Morgan fingerprint density at radius 1 is 1.15 bits per heavy atom. The third-order valence-electron chi connectivity index (χ3n) is 3.84. The molecule has 2 aromatic rings. The van der Waals surface area contributed by atoms with Crippen molar-refractivity contribution in [1.29, 1.82) is 0 Å². The summed E-state index contributed by atoms with van der Waals surface area (Å²) in [4.78, 5) is 24.2. The molecule has 0 radical (unpaired) electrons. The fourth-order valence-corrected chi connectivity index (χ4v) is 2.77. The highest BCUT2D eigenvalue weighted by molar-refractivity contribution is 6.32. The number of benzene rings is 2. The Morgan fingerprint density at radius 3 is 2.48 bits per heavy atom. The summed E-state index contributed by atoms with van der Waals surface area (Å²) < 4.78 is 36.4. The molecule has 0 fully saturated rings. The molecular weight excluding hydrogens is 380 g/mol. The summed E-state index contributed by atoms with van der Waals surface area (Å²) in [7, 11) is 2.68. The summed E-state index contributed by atoms with van der Waals surface area (Å²) >= 11 is 6.07. The minimum atomic E-state index is -0.990. The van der Waals surface area contributed by atoms with E-state index in [4.69, 9.17) is 21.1 Å². The van der Waals surface area contributed by atoms with Crippen LogP contribution in [0, 0.1) is 11.6 Å². The van der Waals surface area contributed by atoms with E-state index in [0.29, 0.717) is 22.4 Å². The first-order valence-electron chi connectivity index (χ1n) is 7.97. The normalized spacial score (nSPS) is 11.6. The molecule has 0 aliphatic heterocycles. The summed E-state index contributed by atoms with van der Waals surface area (Å²) in [6.07, 6.45) is -0.225. The van der Waals surface area contributed by atoms with Gasteiger partial charge in [-0.15, -0.1) is 0 Å². The van der Waals surface area contributed by atoms with E-state index in [-0.39, 0.29) is 18.4 Å². The molecule has 8 heteroatoms. The number of carbonyl (C=O) groups is 2. The highest BCUT2D eigenvalue weighted by Gasteiger charge is 2.23. The SMILES string of the molecule is COC(=O)[C@H](Cc1ccc(OC)c(Cl)c1)NC(=O)Cc1ccc(F)cc1F. The van der Waals surface area contributed by atoms with E-state index in [0.717, 1.165) is 6.07 Å². The third-order valence-corrected chi connectivity index (χ3v) is 4.14. The summed E-state index contributed by atoms with van der Waals surface area (Å²) in [6, 6.07) is 6.90. The van der Waals surface area contributed by atoms with E-state index in [1.54, 1.807) is 18.2 Å². The van der Waals surface area contributed by atoms with Crippen LogP contribution in [0.1, 0.15) is 11.1 Å². The summed E-state index contributed by atoms with van der Waals surface area (Å²) in [6.45, 7) is 0.